The number of pyridine rings is 1. The third-order valence-electron chi connectivity index (χ3n) is 5.55. The molecule has 3 heterocycles. The Morgan fingerprint density at radius 1 is 1.10 bits per heavy atom. The van der Waals surface area contributed by atoms with E-state index in [1.54, 1.807) is 0 Å². The number of nitrogens with two attached hydrogens (primary N) is 2. The van der Waals surface area contributed by atoms with Crippen molar-refractivity contribution in [3.63, 3.8) is 0 Å². The highest BCUT2D eigenvalue weighted by Gasteiger charge is 2.24. The van der Waals surface area contributed by atoms with Crippen molar-refractivity contribution in [1.29, 1.82) is 0 Å². The van der Waals surface area contributed by atoms with Crippen LogP contribution >= 0.6 is 22.7 Å². The van der Waals surface area contributed by atoms with Gasteiger partial charge in [0, 0.05) is 22.0 Å². The molecule has 0 bridgehead atoms. The van der Waals surface area contributed by atoms with E-state index in [-0.39, 0.29) is 5.91 Å². The average Bonchev–Trinajstić information content (AvgIpc) is 3.34. The van der Waals surface area contributed by atoms with Gasteiger partial charge in [-0.25, -0.2) is 4.98 Å². The SMILES string of the molecule is NC(=O)c1c(-c2ccccc2)csc1NC(=O)c1sc2nc3c(cc2c1N)CCCC3. The highest BCUT2D eigenvalue weighted by Crippen LogP contribution is 2.38. The number of aromatic nitrogens is 1. The summed E-state index contributed by atoms with van der Waals surface area (Å²) in [7, 11) is 0. The topological polar surface area (TPSA) is 111 Å². The summed E-state index contributed by atoms with van der Waals surface area (Å²) < 4.78 is 0. The van der Waals surface area contributed by atoms with Crippen LogP contribution in [0.1, 0.15) is 44.1 Å². The van der Waals surface area contributed by atoms with Crippen LogP contribution in [-0.2, 0) is 12.8 Å². The van der Waals surface area contributed by atoms with Gasteiger partial charge in [0.2, 0.25) is 0 Å². The number of carbonyl (C=O) groups is 2. The fraction of sp³-hybridized carbons (Fsp3) is 0.174. The molecule has 0 fully saturated rings. The van der Waals surface area contributed by atoms with E-state index in [9.17, 15) is 9.59 Å². The van der Waals surface area contributed by atoms with Crippen molar-refractivity contribution in [1.82, 2.24) is 4.98 Å². The molecule has 5 rings (SSSR count). The minimum absolute atomic E-state index is 0.304. The summed E-state index contributed by atoms with van der Waals surface area (Å²) in [6.07, 6.45) is 4.24. The molecule has 0 spiro atoms. The average molecular weight is 449 g/mol. The number of carbonyl (C=O) groups excluding carboxylic acids is 2. The summed E-state index contributed by atoms with van der Waals surface area (Å²) in [4.78, 5) is 31.2. The van der Waals surface area contributed by atoms with Gasteiger partial charge in [-0.1, -0.05) is 30.3 Å². The molecule has 3 aromatic heterocycles. The molecule has 0 saturated heterocycles. The molecule has 156 valence electrons. The Labute approximate surface area is 186 Å². The van der Waals surface area contributed by atoms with Crippen molar-refractivity contribution in [2.75, 3.05) is 11.1 Å². The standard InChI is InChI=1S/C23H20N4O2S2/c24-18-14-10-13-8-4-5-9-16(13)26-22(14)31-19(18)21(29)27-23-17(20(25)28)15(11-30-23)12-6-2-1-3-7-12/h1-3,6-7,10-11H,4-5,8-9,24H2,(H2,25,28)(H,27,29). The number of fused-ring (bicyclic) bond motifs is 2. The van der Waals surface area contributed by atoms with Gasteiger partial charge in [-0.3, -0.25) is 9.59 Å². The fourth-order valence-corrected chi connectivity index (χ4v) is 5.97. The second-order valence-electron chi connectivity index (χ2n) is 7.54. The van der Waals surface area contributed by atoms with Gasteiger partial charge in [-0.15, -0.1) is 22.7 Å². The first-order valence-electron chi connectivity index (χ1n) is 10.0. The van der Waals surface area contributed by atoms with Crippen LogP contribution < -0.4 is 16.8 Å². The normalized spacial score (nSPS) is 13.2. The van der Waals surface area contributed by atoms with Crippen LogP contribution in [0.25, 0.3) is 21.3 Å². The minimum atomic E-state index is -0.589. The molecule has 0 unspecified atom stereocenters. The number of benzene rings is 1. The van der Waals surface area contributed by atoms with Crippen molar-refractivity contribution in [3.05, 3.63) is 63.5 Å². The lowest BCUT2D eigenvalue weighted by Crippen LogP contribution is -2.17. The predicted molar refractivity (Wildman–Crippen MR) is 127 cm³/mol. The molecular formula is C23H20N4O2S2. The molecule has 31 heavy (non-hydrogen) atoms. The second kappa shape index (κ2) is 7.79. The zero-order chi connectivity index (χ0) is 21.5. The van der Waals surface area contributed by atoms with Gasteiger partial charge in [0.15, 0.2) is 0 Å². The van der Waals surface area contributed by atoms with Crippen molar-refractivity contribution in [3.8, 4) is 11.1 Å². The number of amides is 2. The number of anilines is 2. The highest BCUT2D eigenvalue weighted by atomic mass is 32.1. The third-order valence-corrected chi connectivity index (χ3v) is 7.56. The number of hydrogen-bond acceptors (Lipinski definition) is 6. The van der Waals surface area contributed by atoms with E-state index in [4.69, 9.17) is 16.5 Å². The molecule has 8 heteroatoms. The monoisotopic (exact) mass is 448 g/mol. The molecule has 2 amide bonds. The summed E-state index contributed by atoms with van der Waals surface area (Å²) in [5, 5.41) is 5.92. The van der Waals surface area contributed by atoms with Crippen LogP contribution in [0, 0.1) is 0 Å². The van der Waals surface area contributed by atoms with Crippen LogP contribution in [-0.4, -0.2) is 16.8 Å². The van der Waals surface area contributed by atoms with Gasteiger partial charge in [0.05, 0.1) is 11.3 Å². The van der Waals surface area contributed by atoms with Crippen molar-refractivity contribution >= 4 is 55.4 Å². The maximum absolute atomic E-state index is 13.1. The van der Waals surface area contributed by atoms with Gasteiger partial charge >= 0.3 is 0 Å². The first kappa shape index (κ1) is 19.7. The molecule has 0 aliphatic heterocycles. The van der Waals surface area contributed by atoms with E-state index >= 15 is 0 Å². The second-order valence-corrected chi connectivity index (χ2v) is 9.42. The number of nitrogens with zero attached hydrogens (tertiary/aromatic N) is 1. The molecule has 5 N–H and O–H groups in total. The summed E-state index contributed by atoms with van der Waals surface area (Å²) in [6.45, 7) is 0. The first-order chi connectivity index (χ1) is 15.0. The molecular weight excluding hydrogens is 428 g/mol. The molecule has 4 aromatic rings. The van der Waals surface area contributed by atoms with Crippen molar-refractivity contribution in [2.45, 2.75) is 25.7 Å². The van der Waals surface area contributed by atoms with E-state index < -0.39 is 5.91 Å². The highest BCUT2D eigenvalue weighted by molar-refractivity contribution is 7.21. The first-order valence-corrected chi connectivity index (χ1v) is 11.7. The number of nitrogens with one attached hydrogen (secondary N) is 1. The molecule has 0 atom stereocenters. The van der Waals surface area contributed by atoms with E-state index in [1.807, 2.05) is 35.7 Å². The smallest absolute Gasteiger partial charge is 0.268 e. The quantitative estimate of drug-likeness (QED) is 0.415. The Hall–Kier alpha value is -3.23. The Bertz CT molecular complexity index is 1320. The minimum Gasteiger partial charge on any atom is -0.397 e. The van der Waals surface area contributed by atoms with E-state index in [2.05, 4.69) is 11.4 Å². The maximum Gasteiger partial charge on any atom is 0.268 e. The molecule has 6 nitrogen and oxygen atoms in total. The maximum atomic E-state index is 13.1. The number of nitrogen functional groups attached to an aromatic ring is 1. The lowest BCUT2D eigenvalue weighted by Gasteiger charge is -2.14. The Kier molecular flexibility index (Phi) is 4.95. The van der Waals surface area contributed by atoms with Gasteiger partial charge in [0.25, 0.3) is 11.8 Å². The summed E-state index contributed by atoms with van der Waals surface area (Å²) in [5.41, 5.74) is 16.6. The van der Waals surface area contributed by atoms with E-state index in [1.165, 1.54) is 28.2 Å². The molecule has 0 radical (unpaired) electrons. The number of rotatable bonds is 4. The largest absolute Gasteiger partial charge is 0.397 e. The lowest BCUT2D eigenvalue weighted by atomic mass is 9.95. The van der Waals surface area contributed by atoms with Crippen LogP contribution in [0.15, 0.2) is 41.8 Å². The van der Waals surface area contributed by atoms with Crippen LogP contribution in [0.5, 0.6) is 0 Å². The lowest BCUT2D eigenvalue weighted by molar-refractivity contribution is 0.100. The van der Waals surface area contributed by atoms with Crippen LogP contribution in [0.4, 0.5) is 10.7 Å². The van der Waals surface area contributed by atoms with Gasteiger partial charge < -0.3 is 16.8 Å². The molecule has 1 aliphatic carbocycles. The fourth-order valence-electron chi connectivity index (χ4n) is 4.01. The van der Waals surface area contributed by atoms with Gasteiger partial charge in [-0.2, -0.15) is 0 Å². The van der Waals surface area contributed by atoms with Crippen molar-refractivity contribution in [2.24, 2.45) is 5.73 Å². The molecule has 1 aromatic carbocycles. The number of primary amides is 1. The van der Waals surface area contributed by atoms with Crippen LogP contribution in [0.3, 0.4) is 0 Å². The van der Waals surface area contributed by atoms with Crippen LogP contribution in [0.2, 0.25) is 0 Å². The molecule has 0 saturated carbocycles. The Morgan fingerprint density at radius 2 is 1.87 bits per heavy atom. The summed E-state index contributed by atoms with van der Waals surface area (Å²) >= 11 is 2.55. The number of aryl methyl sites for hydroxylation is 2. The van der Waals surface area contributed by atoms with Gasteiger partial charge in [-0.05, 0) is 42.9 Å². The summed E-state index contributed by atoms with van der Waals surface area (Å²) in [6, 6.07) is 11.6. The Balaban J connectivity index is 1.51. The zero-order valence-corrected chi connectivity index (χ0v) is 18.2. The summed E-state index contributed by atoms with van der Waals surface area (Å²) in [5.74, 6) is -0.948. The predicted octanol–water partition coefficient (Wildman–Crippen LogP) is 4.84. The van der Waals surface area contributed by atoms with Gasteiger partial charge in [0.1, 0.15) is 14.7 Å². The third kappa shape index (κ3) is 3.47. The number of hydrogen-bond donors (Lipinski definition) is 3. The van der Waals surface area contributed by atoms with Crippen molar-refractivity contribution < 1.29 is 9.59 Å². The number of thiophene rings is 2. The molecule has 1 aliphatic rings. The van der Waals surface area contributed by atoms with E-state index in [0.717, 1.165) is 47.2 Å². The van der Waals surface area contributed by atoms with E-state index in [0.29, 0.717) is 26.7 Å². The Morgan fingerprint density at radius 3 is 2.65 bits per heavy atom. The zero-order valence-electron chi connectivity index (χ0n) is 16.6.